The van der Waals surface area contributed by atoms with Gasteiger partial charge in [-0.2, -0.15) is 0 Å². The predicted octanol–water partition coefficient (Wildman–Crippen LogP) is 5.42. The lowest BCUT2D eigenvalue weighted by molar-refractivity contribution is 0.0355. The lowest BCUT2D eigenvalue weighted by atomic mass is 9.66. The topological polar surface area (TPSA) is 3.24 Å². The van der Waals surface area contributed by atoms with Gasteiger partial charge in [0.05, 0.1) is 0 Å². The van der Waals surface area contributed by atoms with E-state index in [4.69, 9.17) is 0 Å². The van der Waals surface area contributed by atoms with Gasteiger partial charge in [-0.15, -0.1) is 6.58 Å². The van der Waals surface area contributed by atoms with Crippen LogP contribution in [0.2, 0.25) is 0 Å². The second-order valence-corrected chi connectivity index (χ2v) is 7.88. The maximum absolute atomic E-state index is 4.12. The van der Waals surface area contributed by atoms with Crippen molar-refractivity contribution in [2.75, 3.05) is 13.1 Å². The van der Waals surface area contributed by atoms with Gasteiger partial charge in [-0.1, -0.05) is 66.7 Å². The Hall–Kier alpha value is -1.86. The number of hydrogen-bond donors (Lipinski definition) is 0. The first-order valence-electron chi connectivity index (χ1n) is 9.78. The molecule has 0 spiro atoms. The summed E-state index contributed by atoms with van der Waals surface area (Å²) in [5, 5.41) is 0. The normalized spacial score (nSPS) is 25.7. The van der Waals surface area contributed by atoms with Crippen LogP contribution >= 0.6 is 0 Å². The van der Waals surface area contributed by atoms with Crippen molar-refractivity contribution in [3.05, 3.63) is 84.4 Å². The van der Waals surface area contributed by atoms with E-state index in [0.717, 1.165) is 12.3 Å². The maximum atomic E-state index is 4.12. The molecule has 2 aromatic rings. The molecule has 0 amide bonds. The van der Waals surface area contributed by atoms with Gasteiger partial charge in [-0.3, -0.25) is 0 Å². The van der Waals surface area contributed by atoms with E-state index >= 15 is 0 Å². The Morgan fingerprint density at radius 2 is 1.48 bits per heavy atom. The van der Waals surface area contributed by atoms with Crippen LogP contribution in [-0.4, -0.2) is 24.0 Å². The van der Waals surface area contributed by atoms with Crippen LogP contribution in [0.1, 0.15) is 43.2 Å². The third-order valence-electron chi connectivity index (χ3n) is 6.50. The largest absolute Gasteiger partial charge is 0.300 e. The van der Waals surface area contributed by atoms with E-state index in [1.54, 1.807) is 0 Å². The fraction of sp³-hybridized carbons (Fsp3) is 0.417. The summed E-state index contributed by atoms with van der Waals surface area (Å²) in [7, 11) is 0. The molecule has 0 aromatic heterocycles. The molecule has 3 fully saturated rings. The van der Waals surface area contributed by atoms with E-state index in [0.29, 0.717) is 6.04 Å². The fourth-order valence-electron chi connectivity index (χ4n) is 5.18. The van der Waals surface area contributed by atoms with E-state index in [1.165, 1.54) is 49.9 Å². The summed E-state index contributed by atoms with van der Waals surface area (Å²) in [6, 6.07) is 22.9. The summed E-state index contributed by atoms with van der Waals surface area (Å²) in [6.45, 7) is 6.71. The maximum Gasteiger partial charge on any atom is 0.0252 e. The molecule has 3 saturated heterocycles. The molecule has 0 N–H and O–H groups in total. The van der Waals surface area contributed by atoms with Crippen molar-refractivity contribution in [1.82, 2.24) is 4.90 Å². The first-order valence-corrected chi connectivity index (χ1v) is 9.78. The highest BCUT2D eigenvalue weighted by atomic mass is 15.2. The van der Waals surface area contributed by atoms with Crippen LogP contribution in [0.3, 0.4) is 0 Å². The van der Waals surface area contributed by atoms with Crippen molar-refractivity contribution in [3.63, 3.8) is 0 Å². The first-order chi connectivity index (χ1) is 12.3. The number of fused-ring (bicyclic) bond motifs is 3. The molecular formula is C24H29N. The quantitative estimate of drug-likeness (QED) is 0.639. The molecule has 3 aliphatic heterocycles. The van der Waals surface area contributed by atoms with E-state index in [-0.39, 0.29) is 5.41 Å². The van der Waals surface area contributed by atoms with Gasteiger partial charge in [-0.05, 0) is 62.2 Å². The average molecular weight is 332 g/mol. The van der Waals surface area contributed by atoms with Gasteiger partial charge in [0.1, 0.15) is 0 Å². The molecule has 1 heteroatoms. The Morgan fingerprint density at radius 1 is 0.920 bits per heavy atom. The number of piperidine rings is 3. The minimum atomic E-state index is 0.0341. The lowest BCUT2D eigenvalue weighted by Crippen LogP contribution is -2.51. The highest BCUT2D eigenvalue weighted by molar-refractivity contribution is 5.40. The van der Waals surface area contributed by atoms with E-state index < -0.39 is 0 Å². The number of allylic oxidation sites excluding steroid dienone is 1. The van der Waals surface area contributed by atoms with E-state index in [9.17, 15) is 0 Å². The van der Waals surface area contributed by atoms with Crippen molar-refractivity contribution in [2.45, 2.75) is 43.6 Å². The van der Waals surface area contributed by atoms with Gasteiger partial charge in [-0.25, -0.2) is 0 Å². The van der Waals surface area contributed by atoms with Gasteiger partial charge in [0, 0.05) is 11.5 Å². The number of rotatable bonds is 6. The Balaban J connectivity index is 1.76. The predicted molar refractivity (Wildman–Crippen MR) is 106 cm³/mol. The van der Waals surface area contributed by atoms with E-state index in [2.05, 4.69) is 78.2 Å². The van der Waals surface area contributed by atoms with Crippen LogP contribution < -0.4 is 0 Å². The number of nitrogens with zero attached hydrogens (tertiary/aromatic N) is 1. The van der Waals surface area contributed by atoms with Gasteiger partial charge < -0.3 is 4.90 Å². The van der Waals surface area contributed by atoms with E-state index in [1.807, 2.05) is 0 Å². The summed E-state index contributed by atoms with van der Waals surface area (Å²) in [5.41, 5.74) is 2.90. The summed E-state index contributed by atoms with van der Waals surface area (Å²) >= 11 is 0. The Bertz CT molecular complexity index is 643. The molecule has 0 saturated carbocycles. The summed E-state index contributed by atoms with van der Waals surface area (Å²) in [5.74, 6) is 0.947. The SMILES string of the molecule is C=CCC(CC1CC2CCN1CC2)(c1ccccc1)c1ccccc1. The number of benzene rings is 2. The van der Waals surface area contributed by atoms with Gasteiger partial charge in [0.25, 0.3) is 0 Å². The Kier molecular flexibility index (Phi) is 4.76. The van der Waals surface area contributed by atoms with Crippen LogP contribution in [0.25, 0.3) is 0 Å². The molecule has 1 atom stereocenters. The van der Waals surface area contributed by atoms with Crippen LogP contribution in [0.5, 0.6) is 0 Å². The lowest BCUT2D eigenvalue weighted by Gasteiger charge is -2.49. The molecule has 0 aliphatic carbocycles. The number of hydrogen-bond acceptors (Lipinski definition) is 1. The molecular weight excluding hydrogens is 302 g/mol. The van der Waals surface area contributed by atoms with Crippen LogP contribution in [0.4, 0.5) is 0 Å². The molecule has 3 heterocycles. The molecule has 130 valence electrons. The highest BCUT2D eigenvalue weighted by Gasteiger charge is 2.41. The Labute approximate surface area is 152 Å². The summed E-state index contributed by atoms with van der Waals surface area (Å²) in [4.78, 5) is 2.75. The fourth-order valence-corrected chi connectivity index (χ4v) is 5.18. The third-order valence-corrected chi connectivity index (χ3v) is 6.50. The molecule has 1 nitrogen and oxygen atoms in total. The second kappa shape index (κ2) is 7.17. The van der Waals surface area contributed by atoms with Crippen molar-refractivity contribution in [1.29, 1.82) is 0 Å². The molecule has 3 aliphatic rings. The minimum Gasteiger partial charge on any atom is -0.300 e. The smallest absolute Gasteiger partial charge is 0.0252 e. The minimum absolute atomic E-state index is 0.0341. The molecule has 25 heavy (non-hydrogen) atoms. The third kappa shape index (κ3) is 3.18. The average Bonchev–Trinajstić information content (AvgIpc) is 2.70. The van der Waals surface area contributed by atoms with Crippen molar-refractivity contribution in [2.24, 2.45) is 5.92 Å². The second-order valence-electron chi connectivity index (χ2n) is 7.88. The molecule has 2 aromatic carbocycles. The standard InChI is InChI=1S/C24H29N/c1-2-15-24(21-9-5-3-6-10-21,22-11-7-4-8-12-22)19-23-18-20-13-16-25(23)17-14-20/h2-12,20,23H,1,13-19H2. The monoisotopic (exact) mass is 331 g/mol. The molecule has 5 rings (SSSR count). The van der Waals surface area contributed by atoms with Crippen molar-refractivity contribution < 1.29 is 0 Å². The van der Waals surface area contributed by atoms with Gasteiger partial charge in [0.2, 0.25) is 0 Å². The van der Waals surface area contributed by atoms with Gasteiger partial charge in [0.15, 0.2) is 0 Å². The van der Waals surface area contributed by atoms with Crippen molar-refractivity contribution in [3.8, 4) is 0 Å². The first kappa shape index (κ1) is 16.6. The zero-order chi connectivity index (χ0) is 17.1. The molecule has 0 radical (unpaired) electrons. The van der Waals surface area contributed by atoms with Crippen LogP contribution in [-0.2, 0) is 5.41 Å². The molecule has 2 bridgehead atoms. The summed E-state index contributed by atoms with van der Waals surface area (Å²) < 4.78 is 0. The zero-order valence-corrected chi connectivity index (χ0v) is 15.1. The highest BCUT2D eigenvalue weighted by Crippen LogP contribution is 2.44. The zero-order valence-electron chi connectivity index (χ0n) is 15.1. The van der Waals surface area contributed by atoms with Crippen LogP contribution in [0, 0.1) is 5.92 Å². The Morgan fingerprint density at radius 3 is 1.92 bits per heavy atom. The van der Waals surface area contributed by atoms with Crippen molar-refractivity contribution >= 4 is 0 Å². The van der Waals surface area contributed by atoms with Crippen LogP contribution in [0.15, 0.2) is 73.3 Å². The van der Waals surface area contributed by atoms with Gasteiger partial charge >= 0.3 is 0 Å². The molecule has 1 unspecified atom stereocenters. The summed E-state index contributed by atoms with van der Waals surface area (Å²) in [6.07, 6.45) is 8.50.